The van der Waals surface area contributed by atoms with Gasteiger partial charge in [0.1, 0.15) is 11.8 Å². The van der Waals surface area contributed by atoms with Crippen LogP contribution in [0.15, 0.2) is 104 Å². The maximum absolute atomic E-state index is 8.93. The summed E-state index contributed by atoms with van der Waals surface area (Å²) < 4.78 is 17.2. The summed E-state index contributed by atoms with van der Waals surface area (Å²) in [6, 6.07) is 28.3. The highest BCUT2D eigenvalue weighted by molar-refractivity contribution is 5.77. The van der Waals surface area contributed by atoms with Crippen LogP contribution in [0.5, 0.6) is 0 Å². The maximum Gasteiger partial charge on any atom is 0.271 e. The van der Waals surface area contributed by atoms with Crippen molar-refractivity contribution in [1.29, 1.82) is 15.8 Å². The Labute approximate surface area is 402 Å². The predicted molar refractivity (Wildman–Crippen MR) is 270 cm³/mol. The van der Waals surface area contributed by atoms with E-state index in [4.69, 9.17) is 42.3 Å². The molecule has 0 aliphatic rings. The van der Waals surface area contributed by atoms with Gasteiger partial charge in [0.15, 0.2) is 17.7 Å². The first-order chi connectivity index (χ1) is 33.4. The second kappa shape index (κ2) is 25.7. The topological polar surface area (TPSA) is 235 Å². The van der Waals surface area contributed by atoms with E-state index in [0.29, 0.717) is 65.5 Å². The van der Waals surface area contributed by atoms with Crippen molar-refractivity contribution in [2.45, 2.75) is 54.9 Å². The molecule has 7 rings (SSSR count). The molecule has 0 saturated carbocycles. The fraction of sp³-hybridized carbons (Fsp3) is 0.212. The zero-order chi connectivity index (χ0) is 49.7. The molecule has 3 aromatic heterocycles. The van der Waals surface area contributed by atoms with Gasteiger partial charge in [0.25, 0.3) is 6.48 Å². The van der Waals surface area contributed by atoms with E-state index < -0.39 is 6.48 Å². The normalized spacial score (nSPS) is 10.6. The van der Waals surface area contributed by atoms with Gasteiger partial charge in [-0.1, -0.05) is 18.2 Å². The second-order valence-electron chi connectivity index (χ2n) is 14.9. The van der Waals surface area contributed by atoms with Gasteiger partial charge in [0.05, 0.1) is 59.7 Å². The molecule has 0 amide bonds. The smallest absolute Gasteiger partial charge is 0.271 e. The molecule has 0 aliphatic carbocycles. The number of hydrogen-bond donors (Lipinski definition) is 4. The summed E-state index contributed by atoms with van der Waals surface area (Å²) in [6.45, 7) is 22.0. The summed E-state index contributed by atoms with van der Waals surface area (Å²) in [6.07, 6.45) is 11.4. The van der Waals surface area contributed by atoms with Gasteiger partial charge >= 0.3 is 0 Å². The van der Waals surface area contributed by atoms with Crippen molar-refractivity contribution in [3.05, 3.63) is 160 Å². The lowest BCUT2D eigenvalue weighted by molar-refractivity contribution is -0.282. The molecule has 0 radical (unpaired) electrons. The van der Waals surface area contributed by atoms with E-state index in [1.54, 1.807) is 61.1 Å². The number of hydrogen-bond acceptors (Lipinski definition) is 15. The molecule has 0 atom stereocenters. The van der Waals surface area contributed by atoms with Gasteiger partial charge in [-0.25, -0.2) is 19.8 Å². The number of aromatic nitrogens is 6. The van der Waals surface area contributed by atoms with Crippen LogP contribution in [0.1, 0.15) is 65.3 Å². The molecule has 0 spiro atoms. The monoisotopic (exact) mass is 920 g/mol. The van der Waals surface area contributed by atoms with E-state index in [2.05, 4.69) is 57.9 Å². The zero-order valence-electron chi connectivity index (χ0n) is 39.4. The van der Waals surface area contributed by atoms with Crippen LogP contribution in [0.25, 0.3) is 33.8 Å². The molecular weight excluding hydrogens is 869 g/mol. The molecule has 7 aromatic rings. The van der Waals surface area contributed by atoms with E-state index in [1.807, 2.05) is 95.5 Å². The van der Waals surface area contributed by atoms with E-state index in [0.717, 1.165) is 56.1 Å². The molecule has 17 heteroatoms. The van der Waals surface area contributed by atoms with Gasteiger partial charge in [0, 0.05) is 43.0 Å². The number of benzene rings is 4. The SMILES string of the molecule is CCOC(OCC)OCC.Cc1cc(/C=C/C#N)cc(C)c1Nc1nc(Nc2ccc(C#N)cc2)ncc1N.[C-]#[N+]/C=C/c1cc(C)c(-n2cnc3cnc(Nc4ccc(C#N)cc4)nc32)c(C)c1. The molecule has 0 aliphatic heterocycles. The van der Waals surface area contributed by atoms with Crippen molar-refractivity contribution < 1.29 is 14.2 Å². The van der Waals surface area contributed by atoms with Crippen molar-refractivity contribution in [3.8, 4) is 23.9 Å². The van der Waals surface area contributed by atoms with Gasteiger partial charge < -0.3 is 35.9 Å². The Kier molecular flexibility index (Phi) is 19.0. The van der Waals surface area contributed by atoms with Crippen molar-refractivity contribution in [3.63, 3.8) is 0 Å². The van der Waals surface area contributed by atoms with Crippen LogP contribution in [0.4, 0.5) is 40.5 Å². The third kappa shape index (κ3) is 14.5. The molecule has 0 bridgehead atoms. The first kappa shape index (κ1) is 51.0. The molecule has 348 valence electrons. The molecule has 69 heavy (non-hydrogen) atoms. The average Bonchev–Trinajstić information content (AvgIpc) is 3.75. The maximum atomic E-state index is 8.93. The van der Waals surface area contributed by atoms with E-state index >= 15 is 0 Å². The quantitative estimate of drug-likeness (QED) is 0.0425. The molecule has 0 saturated heterocycles. The number of imidazole rings is 1. The molecule has 3 heterocycles. The average molecular weight is 921 g/mol. The number of fused-ring (bicyclic) bond motifs is 1. The standard InChI is InChI=1S/C23H17N7.C22H19N7.C7H16O3/c1-15-10-18(8-9-25-3)11-16(2)21(15)30-14-27-20-13-26-23(29-22(20)30)28-19-6-4-17(12-24)5-7-19;1-14-10-17(4-3-9-23)11-15(2)20(14)28-21-19(25)13-26-22(29-21)27-18-7-5-16(12-24)6-8-18;1-4-8-7(9-5-2)10-6-3/h4-11,13-14H,1-2H3,(H,26,28,29);3-8,10-11,13H,25H2,1-2H3,(H2,26,27,28,29);7H,4-6H2,1-3H3/b9-8+;4-3+;. The van der Waals surface area contributed by atoms with Gasteiger partial charge in [-0.05, 0) is 149 Å². The highest BCUT2D eigenvalue weighted by Crippen LogP contribution is 2.30. The van der Waals surface area contributed by atoms with Crippen LogP contribution in [0.2, 0.25) is 0 Å². The van der Waals surface area contributed by atoms with Crippen LogP contribution in [0, 0.1) is 68.3 Å². The number of nitrogens with two attached hydrogens (primary N) is 1. The molecule has 0 unspecified atom stereocenters. The van der Waals surface area contributed by atoms with Gasteiger partial charge in [-0.2, -0.15) is 25.8 Å². The lowest BCUT2D eigenvalue weighted by atomic mass is 10.0. The molecule has 5 N–H and O–H groups in total. The van der Waals surface area contributed by atoms with Crippen molar-refractivity contribution >= 4 is 63.8 Å². The first-order valence-electron chi connectivity index (χ1n) is 21.7. The van der Waals surface area contributed by atoms with Crippen LogP contribution in [0.3, 0.4) is 0 Å². The Balaban J connectivity index is 0.000000216. The number of aryl methyl sites for hydroxylation is 4. The number of anilines is 7. The Hall–Kier alpha value is -8.97. The summed E-state index contributed by atoms with van der Waals surface area (Å²) in [5, 5.41) is 36.1. The minimum absolute atomic E-state index is 0.385. The summed E-state index contributed by atoms with van der Waals surface area (Å²) in [5.74, 6) is 1.32. The van der Waals surface area contributed by atoms with Crippen LogP contribution < -0.4 is 21.7 Å². The Morgan fingerprint density at radius 3 is 1.71 bits per heavy atom. The van der Waals surface area contributed by atoms with E-state index in [1.165, 1.54) is 18.5 Å². The zero-order valence-corrected chi connectivity index (χ0v) is 39.4. The van der Waals surface area contributed by atoms with Crippen molar-refractivity contribution in [1.82, 2.24) is 29.5 Å². The number of allylic oxidation sites excluding steroid dienone is 1. The number of nitrogens with one attached hydrogen (secondary N) is 3. The third-order valence-electron chi connectivity index (χ3n) is 9.80. The fourth-order valence-corrected chi connectivity index (χ4v) is 6.78. The number of nitriles is 3. The van der Waals surface area contributed by atoms with Crippen LogP contribution in [-0.4, -0.2) is 55.8 Å². The minimum Gasteiger partial charge on any atom is -0.394 e. The Bertz CT molecular complexity index is 3020. The minimum atomic E-state index is -0.472. The number of rotatable bonds is 15. The summed E-state index contributed by atoms with van der Waals surface area (Å²) in [4.78, 5) is 25.4. The van der Waals surface area contributed by atoms with Crippen LogP contribution >= 0.6 is 0 Å². The Morgan fingerprint density at radius 1 is 0.696 bits per heavy atom. The largest absolute Gasteiger partial charge is 0.394 e. The third-order valence-corrected chi connectivity index (χ3v) is 9.80. The number of ether oxygens (including phenoxy) is 3. The lowest BCUT2D eigenvalue weighted by Crippen LogP contribution is -2.20. The lowest BCUT2D eigenvalue weighted by Gasteiger charge is -2.15. The first-order valence-corrected chi connectivity index (χ1v) is 21.7. The highest BCUT2D eigenvalue weighted by Gasteiger charge is 2.14. The van der Waals surface area contributed by atoms with Crippen molar-refractivity contribution in [2.75, 3.05) is 41.5 Å². The van der Waals surface area contributed by atoms with Gasteiger partial charge in [-0.3, -0.25) is 4.57 Å². The summed E-state index contributed by atoms with van der Waals surface area (Å²) in [5.41, 5.74) is 18.5. The second-order valence-corrected chi connectivity index (χ2v) is 14.9. The van der Waals surface area contributed by atoms with E-state index in [9.17, 15) is 0 Å². The number of nitrogen functional groups attached to an aromatic ring is 1. The molecule has 4 aromatic carbocycles. The molecule has 0 fully saturated rings. The molecule has 17 nitrogen and oxygen atoms in total. The van der Waals surface area contributed by atoms with Gasteiger partial charge in [-0.15, -0.1) is 0 Å². The summed E-state index contributed by atoms with van der Waals surface area (Å²) >= 11 is 0. The van der Waals surface area contributed by atoms with E-state index in [-0.39, 0.29) is 0 Å². The highest BCUT2D eigenvalue weighted by atomic mass is 16.8. The van der Waals surface area contributed by atoms with Crippen molar-refractivity contribution in [2.24, 2.45) is 0 Å². The Morgan fingerprint density at radius 2 is 1.20 bits per heavy atom. The van der Waals surface area contributed by atoms with Gasteiger partial charge in [0.2, 0.25) is 11.9 Å². The fourth-order valence-electron chi connectivity index (χ4n) is 6.78. The van der Waals surface area contributed by atoms with Crippen LogP contribution in [-0.2, 0) is 14.2 Å². The summed E-state index contributed by atoms with van der Waals surface area (Å²) in [7, 11) is 0. The number of nitrogens with zero attached hydrogens (tertiary/aromatic N) is 10. The molecular formula is C52H52N14O3. The predicted octanol–water partition coefficient (Wildman–Crippen LogP) is 10.9.